The van der Waals surface area contributed by atoms with Gasteiger partial charge in [-0.3, -0.25) is 0 Å². The number of rotatable bonds is 3. The van der Waals surface area contributed by atoms with Crippen LogP contribution in [0.15, 0.2) is 0 Å². The molecule has 5 heteroatoms. The van der Waals surface area contributed by atoms with Gasteiger partial charge in [-0.1, -0.05) is 24.9 Å². The zero-order valence-electron chi connectivity index (χ0n) is 10.0. The molecule has 0 fully saturated rings. The lowest BCUT2D eigenvalue weighted by Crippen LogP contribution is -2.23. The fraction of sp³-hybridized carbons (Fsp3) is 0.636. The molecule has 4 nitrogen and oxygen atoms in total. The molecule has 1 aromatic heterocycles. The SMILES string of the molecule is CCCc1nn(C(C)(C)C)c(Cl)c1C(=O)O. The number of carboxylic acid groups (broad SMARTS) is 1. The summed E-state index contributed by atoms with van der Waals surface area (Å²) in [4.78, 5) is 11.1. The minimum Gasteiger partial charge on any atom is -0.478 e. The van der Waals surface area contributed by atoms with E-state index < -0.39 is 5.97 Å². The second kappa shape index (κ2) is 4.45. The number of carboxylic acids is 1. The normalized spacial score (nSPS) is 11.8. The smallest absolute Gasteiger partial charge is 0.340 e. The van der Waals surface area contributed by atoms with Crippen molar-refractivity contribution in [3.05, 3.63) is 16.4 Å². The lowest BCUT2D eigenvalue weighted by molar-refractivity contribution is 0.0695. The minimum absolute atomic E-state index is 0.137. The highest BCUT2D eigenvalue weighted by molar-refractivity contribution is 6.32. The van der Waals surface area contributed by atoms with E-state index in [4.69, 9.17) is 16.7 Å². The van der Waals surface area contributed by atoms with Crippen LogP contribution in [0.25, 0.3) is 0 Å². The molecular weight excluding hydrogens is 228 g/mol. The number of nitrogens with zero attached hydrogens (tertiary/aromatic N) is 2. The number of carbonyl (C=O) groups is 1. The Kier molecular flexibility index (Phi) is 3.63. The Morgan fingerprint density at radius 2 is 2.06 bits per heavy atom. The van der Waals surface area contributed by atoms with Crippen LogP contribution in [-0.4, -0.2) is 20.9 Å². The fourth-order valence-electron chi connectivity index (χ4n) is 1.51. The van der Waals surface area contributed by atoms with E-state index in [2.05, 4.69) is 5.10 Å². The van der Waals surface area contributed by atoms with Gasteiger partial charge in [-0.25, -0.2) is 9.48 Å². The van der Waals surface area contributed by atoms with Gasteiger partial charge in [-0.15, -0.1) is 0 Å². The molecule has 1 rings (SSSR count). The Morgan fingerprint density at radius 3 is 2.44 bits per heavy atom. The molecule has 1 N–H and O–H groups in total. The maximum atomic E-state index is 11.1. The Morgan fingerprint density at radius 1 is 1.50 bits per heavy atom. The monoisotopic (exact) mass is 244 g/mol. The van der Waals surface area contributed by atoms with Crippen LogP contribution in [0.4, 0.5) is 0 Å². The molecule has 0 amide bonds. The third-order valence-corrected chi connectivity index (χ3v) is 2.59. The first kappa shape index (κ1) is 13.0. The molecule has 0 saturated carbocycles. The molecule has 1 aromatic rings. The Balaban J connectivity index is 3.36. The Hall–Kier alpha value is -1.03. The van der Waals surface area contributed by atoms with E-state index in [9.17, 15) is 4.79 Å². The van der Waals surface area contributed by atoms with Crippen LogP contribution in [0.3, 0.4) is 0 Å². The summed E-state index contributed by atoms with van der Waals surface area (Å²) in [5.41, 5.74) is 0.390. The lowest BCUT2D eigenvalue weighted by atomic mass is 10.1. The van der Waals surface area contributed by atoms with Crippen molar-refractivity contribution in [1.82, 2.24) is 9.78 Å². The molecule has 16 heavy (non-hydrogen) atoms. The van der Waals surface area contributed by atoms with Gasteiger partial charge in [0.2, 0.25) is 0 Å². The molecular formula is C11H17ClN2O2. The molecule has 0 bridgehead atoms. The van der Waals surface area contributed by atoms with E-state index in [1.807, 2.05) is 27.7 Å². The summed E-state index contributed by atoms with van der Waals surface area (Å²) in [7, 11) is 0. The molecule has 0 aliphatic heterocycles. The zero-order valence-corrected chi connectivity index (χ0v) is 10.8. The predicted octanol–water partition coefficient (Wildman–Crippen LogP) is 2.94. The molecule has 90 valence electrons. The van der Waals surface area contributed by atoms with Crippen molar-refractivity contribution in [3.8, 4) is 0 Å². The first-order valence-electron chi connectivity index (χ1n) is 5.30. The molecule has 0 radical (unpaired) electrons. The highest BCUT2D eigenvalue weighted by Gasteiger charge is 2.26. The second-order valence-electron chi connectivity index (χ2n) is 4.75. The largest absolute Gasteiger partial charge is 0.478 e. The summed E-state index contributed by atoms with van der Waals surface area (Å²) >= 11 is 6.06. The first-order valence-corrected chi connectivity index (χ1v) is 5.68. The standard InChI is InChI=1S/C11H17ClN2O2/c1-5-6-7-8(10(15)16)9(12)14(13-7)11(2,3)4/h5-6H2,1-4H3,(H,15,16). The van der Waals surface area contributed by atoms with E-state index in [0.717, 1.165) is 6.42 Å². The minimum atomic E-state index is -1.01. The average molecular weight is 245 g/mol. The quantitative estimate of drug-likeness (QED) is 0.890. The number of aryl methyl sites for hydroxylation is 1. The molecule has 0 saturated heterocycles. The van der Waals surface area contributed by atoms with Crippen LogP contribution in [0.1, 0.15) is 50.2 Å². The maximum absolute atomic E-state index is 11.1. The number of hydrogen-bond acceptors (Lipinski definition) is 2. The van der Waals surface area contributed by atoms with E-state index >= 15 is 0 Å². The summed E-state index contributed by atoms with van der Waals surface area (Å²) in [6, 6.07) is 0. The maximum Gasteiger partial charge on any atom is 0.340 e. The number of halogens is 1. The number of aromatic nitrogens is 2. The van der Waals surface area contributed by atoms with Crippen LogP contribution >= 0.6 is 11.6 Å². The molecule has 0 aromatic carbocycles. The molecule has 0 aliphatic carbocycles. The van der Waals surface area contributed by atoms with Gasteiger partial charge >= 0.3 is 5.97 Å². The van der Waals surface area contributed by atoms with Gasteiger partial charge < -0.3 is 5.11 Å². The molecule has 0 spiro atoms. The van der Waals surface area contributed by atoms with Gasteiger partial charge in [-0.2, -0.15) is 5.10 Å². The molecule has 1 heterocycles. The van der Waals surface area contributed by atoms with Gasteiger partial charge in [0.05, 0.1) is 11.2 Å². The van der Waals surface area contributed by atoms with Crippen molar-refractivity contribution in [2.45, 2.75) is 46.1 Å². The van der Waals surface area contributed by atoms with Crippen molar-refractivity contribution in [2.75, 3.05) is 0 Å². The third kappa shape index (κ3) is 2.38. The summed E-state index contributed by atoms with van der Waals surface area (Å²) < 4.78 is 1.57. The van der Waals surface area contributed by atoms with Crippen LogP contribution < -0.4 is 0 Å². The molecule has 0 atom stereocenters. The lowest BCUT2D eigenvalue weighted by Gasteiger charge is -2.20. The van der Waals surface area contributed by atoms with E-state index in [-0.39, 0.29) is 16.3 Å². The zero-order chi connectivity index (χ0) is 12.5. The topological polar surface area (TPSA) is 55.1 Å². The van der Waals surface area contributed by atoms with Gasteiger partial charge in [0, 0.05) is 0 Å². The van der Waals surface area contributed by atoms with E-state index in [0.29, 0.717) is 12.1 Å². The van der Waals surface area contributed by atoms with Crippen molar-refractivity contribution >= 4 is 17.6 Å². The van der Waals surface area contributed by atoms with Gasteiger partial charge in [0.15, 0.2) is 0 Å². The molecule has 0 aliphatic rings. The van der Waals surface area contributed by atoms with Gasteiger partial charge in [0.1, 0.15) is 10.7 Å². The van der Waals surface area contributed by atoms with Gasteiger partial charge in [0.25, 0.3) is 0 Å². The summed E-state index contributed by atoms with van der Waals surface area (Å²) in [6.45, 7) is 7.79. The van der Waals surface area contributed by atoms with E-state index in [1.54, 1.807) is 4.68 Å². The third-order valence-electron chi connectivity index (χ3n) is 2.24. The fourth-order valence-corrected chi connectivity index (χ4v) is 1.99. The van der Waals surface area contributed by atoms with Crippen molar-refractivity contribution < 1.29 is 9.90 Å². The van der Waals surface area contributed by atoms with Crippen LogP contribution in [0.2, 0.25) is 5.15 Å². The average Bonchev–Trinajstić information content (AvgIpc) is 2.42. The predicted molar refractivity (Wildman–Crippen MR) is 63.2 cm³/mol. The second-order valence-corrected chi connectivity index (χ2v) is 5.11. The highest BCUT2D eigenvalue weighted by Crippen LogP contribution is 2.27. The Bertz CT molecular complexity index is 405. The van der Waals surface area contributed by atoms with Crippen LogP contribution in [-0.2, 0) is 12.0 Å². The summed E-state index contributed by atoms with van der Waals surface area (Å²) in [5, 5.41) is 13.6. The van der Waals surface area contributed by atoms with E-state index in [1.165, 1.54) is 0 Å². The molecule has 0 unspecified atom stereocenters. The first-order chi connectivity index (χ1) is 7.29. The van der Waals surface area contributed by atoms with Crippen molar-refractivity contribution in [3.63, 3.8) is 0 Å². The highest BCUT2D eigenvalue weighted by atomic mass is 35.5. The summed E-state index contributed by atoms with van der Waals surface area (Å²) in [6.07, 6.45) is 1.47. The van der Waals surface area contributed by atoms with Crippen LogP contribution in [0.5, 0.6) is 0 Å². The van der Waals surface area contributed by atoms with Crippen molar-refractivity contribution in [1.29, 1.82) is 0 Å². The number of aromatic carboxylic acids is 1. The Labute approximate surface area is 100 Å². The van der Waals surface area contributed by atoms with Gasteiger partial charge in [-0.05, 0) is 27.2 Å². The number of hydrogen-bond donors (Lipinski definition) is 1. The van der Waals surface area contributed by atoms with Crippen molar-refractivity contribution in [2.24, 2.45) is 0 Å². The summed E-state index contributed by atoms with van der Waals surface area (Å²) in [5.74, 6) is -1.01. The van der Waals surface area contributed by atoms with Crippen LogP contribution in [0, 0.1) is 0 Å².